The molecular formula is C19H15N3O2. The molecule has 1 amide bonds. The summed E-state index contributed by atoms with van der Waals surface area (Å²) < 4.78 is 0. The van der Waals surface area contributed by atoms with Gasteiger partial charge >= 0.3 is 0 Å². The van der Waals surface area contributed by atoms with Gasteiger partial charge in [-0.2, -0.15) is 5.10 Å². The maximum atomic E-state index is 12.1. The summed E-state index contributed by atoms with van der Waals surface area (Å²) in [5, 5.41) is 18.0. The van der Waals surface area contributed by atoms with E-state index >= 15 is 0 Å². The summed E-state index contributed by atoms with van der Waals surface area (Å²) in [7, 11) is 0. The highest BCUT2D eigenvalue weighted by molar-refractivity contribution is 6.18. The Morgan fingerprint density at radius 1 is 1.12 bits per heavy atom. The average Bonchev–Trinajstić information content (AvgIpc) is 2.98. The molecule has 5 heteroatoms. The van der Waals surface area contributed by atoms with Crippen molar-refractivity contribution in [3.8, 4) is 5.75 Å². The molecule has 5 nitrogen and oxygen atoms in total. The van der Waals surface area contributed by atoms with Gasteiger partial charge < -0.3 is 10.1 Å². The van der Waals surface area contributed by atoms with Gasteiger partial charge in [0.15, 0.2) is 0 Å². The van der Waals surface area contributed by atoms with Crippen molar-refractivity contribution in [1.82, 2.24) is 10.4 Å². The first-order valence-corrected chi connectivity index (χ1v) is 7.63. The number of H-pyrrole nitrogens is 1. The highest BCUT2D eigenvalue weighted by atomic mass is 16.3. The second kappa shape index (κ2) is 5.38. The van der Waals surface area contributed by atoms with Gasteiger partial charge in [-0.25, -0.2) is 5.43 Å². The number of aromatic amines is 1. The Hall–Kier alpha value is -3.34. The van der Waals surface area contributed by atoms with Gasteiger partial charge in [-0.3, -0.25) is 4.79 Å². The van der Waals surface area contributed by atoms with Crippen molar-refractivity contribution in [3.63, 3.8) is 0 Å². The Labute approximate surface area is 137 Å². The van der Waals surface area contributed by atoms with Crippen molar-refractivity contribution >= 4 is 44.7 Å². The van der Waals surface area contributed by atoms with Gasteiger partial charge in [0.1, 0.15) is 5.75 Å². The van der Waals surface area contributed by atoms with Gasteiger partial charge in [0, 0.05) is 27.9 Å². The molecule has 0 radical (unpaired) electrons. The number of carbonyl (C=O) groups excluding carboxylic acids is 1. The van der Waals surface area contributed by atoms with E-state index in [4.69, 9.17) is 0 Å². The van der Waals surface area contributed by atoms with Crippen LogP contribution in [0.2, 0.25) is 0 Å². The molecule has 0 saturated heterocycles. The molecule has 118 valence electrons. The molecule has 3 aromatic carbocycles. The fraction of sp³-hybridized carbons (Fsp3) is 0.0526. The minimum absolute atomic E-state index is 0.0718. The molecule has 1 heterocycles. The first-order valence-electron chi connectivity index (χ1n) is 7.63. The van der Waals surface area contributed by atoms with Crippen molar-refractivity contribution in [2.75, 3.05) is 0 Å². The Morgan fingerprint density at radius 2 is 1.96 bits per heavy atom. The number of fused-ring (bicyclic) bond motifs is 5. The van der Waals surface area contributed by atoms with E-state index in [1.807, 2.05) is 30.3 Å². The Morgan fingerprint density at radius 3 is 2.79 bits per heavy atom. The molecule has 0 aliphatic rings. The van der Waals surface area contributed by atoms with Gasteiger partial charge in [-0.1, -0.05) is 30.3 Å². The van der Waals surface area contributed by atoms with E-state index in [2.05, 4.69) is 21.6 Å². The molecule has 4 rings (SSSR count). The van der Waals surface area contributed by atoms with Gasteiger partial charge in [0.05, 0.1) is 11.1 Å². The molecule has 3 N–H and O–H groups in total. The number of para-hydroxylation sites is 1. The predicted molar refractivity (Wildman–Crippen MR) is 96.6 cm³/mol. The zero-order valence-corrected chi connectivity index (χ0v) is 13.0. The van der Waals surface area contributed by atoms with Crippen LogP contribution < -0.4 is 5.43 Å². The van der Waals surface area contributed by atoms with E-state index in [9.17, 15) is 9.90 Å². The second-order valence-corrected chi connectivity index (χ2v) is 5.58. The number of aromatic hydroxyl groups is 1. The maximum absolute atomic E-state index is 12.1. The number of hydrogen-bond donors (Lipinski definition) is 3. The molecule has 0 aliphatic carbocycles. The number of nitrogens with zero attached hydrogens (tertiary/aromatic N) is 1. The van der Waals surface area contributed by atoms with Crippen molar-refractivity contribution in [2.24, 2.45) is 5.10 Å². The van der Waals surface area contributed by atoms with Crippen molar-refractivity contribution in [3.05, 3.63) is 54.1 Å². The normalized spacial score (nSPS) is 11.7. The van der Waals surface area contributed by atoms with E-state index < -0.39 is 5.91 Å². The van der Waals surface area contributed by atoms with Crippen molar-refractivity contribution < 1.29 is 9.90 Å². The molecular weight excluding hydrogens is 302 g/mol. The minimum Gasteiger partial charge on any atom is -0.507 e. The summed E-state index contributed by atoms with van der Waals surface area (Å²) in [6.45, 7) is 1.70. The third kappa shape index (κ3) is 2.10. The number of nitrogens with one attached hydrogen (secondary N) is 2. The Bertz CT molecular complexity index is 1130. The van der Waals surface area contributed by atoms with Crippen LogP contribution in [0.5, 0.6) is 5.75 Å². The third-order valence-electron chi connectivity index (χ3n) is 4.15. The molecule has 0 unspecified atom stereocenters. The quantitative estimate of drug-likeness (QED) is 0.387. The Balaban J connectivity index is 1.97. The SMILES string of the molecule is C/C=N\NC(=O)c1cc2ccc3c4ccccc4[nH]c3c2cc1O. The lowest BCUT2D eigenvalue weighted by molar-refractivity contribution is 0.0952. The summed E-state index contributed by atoms with van der Waals surface area (Å²) in [5.41, 5.74) is 4.56. The zero-order valence-electron chi connectivity index (χ0n) is 13.0. The molecule has 0 atom stereocenters. The highest BCUT2D eigenvalue weighted by Crippen LogP contribution is 2.34. The number of hydrazone groups is 1. The standard InChI is InChI=1S/C19H15N3O2/c1-2-20-22-19(24)15-9-11-7-8-13-12-5-3-4-6-16(12)21-18(13)14(11)10-17(15)23/h2-10,21,23H,1H3,(H,22,24)/b20-2-. The van der Waals surface area contributed by atoms with Crippen molar-refractivity contribution in [1.29, 1.82) is 0 Å². The number of rotatable bonds is 2. The topological polar surface area (TPSA) is 77.5 Å². The lowest BCUT2D eigenvalue weighted by atomic mass is 10.0. The summed E-state index contributed by atoms with van der Waals surface area (Å²) in [6, 6.07) is 15.3. The van der Waals surface area contributed by atoms with Crippen LogP contribution in [0.25, 0.3) is 32.6 Å². The molecule has 4 aromatic rings. The van der Waals surface area contributed by atoms with E-state index in [1.165, 1.54) is 6.21 Å². The lowest BCUT2D eigenvalue weighted by Crippen LogP contribution is -2.17. The molecule has 0 fully saturated rings. The fourth-order valence-electron chi connectivity index (χ4n) is 3.05. The van der Waals surface area contributed by atoms with E-state index in [0.29, 0.717) is 0 Å². The van der Waals surface area contributed by atoms with E-state index in [-0.39, 0.29) is 11.3 Å². The molecule has 0 aliphatic heterocycles. The number of phenols is 1. The first-order chi connectivity index (χ1) is 11.7. The summed E-state index contributed by atoms with van der Waals surface area (Å²) in [6.07, 6.45) is 1.48. The van der Waals surface area contributed by atoms with Crippen LogP contribution in [-0.4, -0.2) is 22.2 Å². The predicted octanol–water partition coefficient (Wildman–Crippen LogP) is 3.92. The van der Waals surface area contributed by atoms with Crippen LogP contribution in [0, 0.1) is 0 Å². The molecule has 1 aromatic heterocycles. The number of hydrogen-bond acceptors (Lipinski definition) is 3. The minimum atomic E-state index is -0.441. The smallest absolute Gasteiger partial charge is 0.275 e. The fourth-order valence-corrected chi connectivity index (χ4v) is 3.05. The lowest BCUT2D eigenvalue weighted by Gasteiger charge is -2.07. The maximum Gasteiger partial charge on any atom is 0.275 e. The van der Waals surface area contributed by atoms with Crippen molar-refractivity contribution in [2.45, 2.75) is 6.92 Å². The van der Waals surface area contributed by atoms with Crippen LogP contribution in [0.4, 0.5) is 0 Å². The molecule has 24 heavy (non-hydrogen) atoms. The molecule has 0 saturated carbocycles. The summed E-state index contributed by atoms with van der Waals surface area (Å²) >= 11 is 0. The number of aromatic nitrogens is 1. The molecule has 0 bridgehead atoms. The number of amides is 1. The number of phenolic OH excluding ortho intramolecular Hbond substituents is 1. The number of benzene rings is 3. The summed E-state index contributed by atoms with van der Waals surface area (Å²) in [4.78, 5) is 15.5. The van der Waals surface area contributed by atoms with Crippen LogP contribution in [-0.2, 0) is 0 Å². The second-order valence-electron chi connectivity index (χ2n) is 5.58. The van der Waals surface area contributed by atoms with Gasteiger partial charge in [-0.15, -0.1) is 0 Å². The van der Waals surface area contributed by atoms with E-state index in [1.54, 1.807) is 19.1 Å². The third-order valence-corrected chi connectivity index (χ3v) is 4.15. The number of carbonyl (C=O) groups is 1. The first kappa shape index (κ1) is 14.3. The van der Waals surface area contributed by atoms with Gasteiger partial charge in [-0.05, 0) is 30.5 Å². The van der Waals surface area contributed by atoms with Gasteiger partial charge in [0.2, 0.25) is 0 Å². The Kier molecular flexibility index (Phi) is 3.20. The van der Waals surface area contributed by atoms with Crippen LogP contribution in [0.1, 0.15) is 17.3 Å². The summed E-state index contributed by atoms with van der Waals surface area (Å²) in [5.74, 6) is -0.512. The van der Waals surface area contributed by atoms with Crippen LogP contribution >= 0.6 is 0 Å². The average molecular weight is 317 g/mol. The largest absolute Gasteiger partial charge is 0.507 e. The van der Waals surface area contributed by atoms with Crippen LogP contribution in [0.3, 0.4) is 0 Å². The van der Waals surface area contributed by atoms with Gasteiger partial charge in [0.25, 0.3) is 5.91 Å². The molecule has 0 spiro atoms. The zero-order chi connectivity index (χ0) is 16.7. The van der Waals surface area contributed by atoms with E-state index in [0.717, 1.165) is 32.6 Å². The van der Waals surface area contributed by atoms with Crippen LogP contribution in [0.15, 0.2) is 53.6 Å². The highest BCUT2D eigenvalue weighted by Gasteiger charge is 2.14. The monoisotopic (exact) mass is 317 g/mol.